The van der Waals surface area contributed by atoms with Gasteiger partial charge in [-0.3, -0.25) is 14.4 Å². The zero-order valence-electron chi connectivity index (χ0n) is 20.0. The number of pyridine rings is 1. The van der Waals surface area contributed by atoms with Crippen LogP contribution < -0.4 is 10.2 Å². The fourth-order valence-electron chi connectivity index (χ4n) is 4.90. The first-order valence-corrected chi connectivity index (χ1v) is 12.1. The summed E-state index contributed by atoms with van der Waals surface area (Å²) in [7, 11) is 1.84. The highest BCUT2D eigenvalue weighted by molar-refractivity contribution is 6.31. The van der Waals surface area contributed by atoms with Gasteiger partial charge in [0.25, 0.3) is 5.91 Å². The van der Waals surface area contributed by atoms with Crippen LogP contribution in [0.2, 0.25) is 5.02 Å². The van der Waals surface area contributed by atoms with Crippen molar-refractivity contribution in [3.63, 3.8) is 0 Å². The minimum atomic E-state index is -0.565. The summed E-state index contributed by atoms with van der Waals surface area (Å²) in [5.41, 5.74) is 3.38. The third kappa shape index (κ3) is 4.30. The molecule has 0 spiro atoms. The Bertz CT molecular complexity index is 1430. The summed E-state index contributed by atoms with van der Waals surface area (Å²) < 4.78 is 17.2. The van der Waals surface area contributed by atoms with Crippen LogP contribution in [0, 0.1) is 19.7 Å². The van der Waals surface area contributed by atoms with Crippen LogP contribution in [0.25, 0.3) is 21.9 Å². The lowest BCUT2D eigenvalue weighted by Gasteiger charge is -2.35. The van der Waals surface area contributed by atoms with Gasteiger partial charge < -0.3 is 5.32 Å². The Hall–Kier alpha value is -3.29. The number of nitrogens with one attached hydrogen (secondary N) is 1. The molecule has 3 heterocycles. The van der Waals surface area contributed by atoms with Gasteiger partial charge in [0.1, 0.15) is 11.6 Å². The van der Waals surface area contributed by atoms with Crippen LogP contribution in [-0.2, 0) is 7.05 Å². The maximum absolute atomic E-state index is 15.5. The average Bonchev–Trinajstić information content (AvgIpc) is 3.17. The van der Waals surface area contributed by atoms with Crippen molar-refractivity contribution in [1.82, 2.24) is 20.1 Å². The number of fused-ring (bicyclic) bond motifs is 1. The summed E-state index contributed by atoms with van der Waals surface area (Å²) in [6.45, 7) is 5.39. The predicted molar refractivity (Wildman–Crippen MR) is 138 cm³/mol. The van der Waals surface area contributed by atoms with Crippen molar-refractivity contribution in [3.05, 3.63) is 76.5 Å². The van der Waals surface area contributed by atoms with Crippen LogP contribution in [0.1, 0.15) is 34.5 Å². The van der Waals surface area contributed by atoms with Crippen molar-refractivity contribution >= 4 is 34.1 Å². The number of hydrogen-bond acceptors (Lipinski definition) is 4. The molecule has 1 aliphatic heterocycles. The normalized spacial score (nSPS) is 16.0. The average molecular weight is 492 g/mol. The highest BCUT2D eigenvalue weighted by atomic mass is 35.5. The molecule has 5 rings (SSSR count). The molecule has 1 aliphatic rings. The van der Waals surface area contributed by atoms with E-state index < -0.39 is 11.7 Å². The summed E-state index contributed by atoms with van der Waals surface area (Å²) in [6.07, 6.45) is 5.11. The van der Waals surface area contributed by atoms with Gasteiger partial charge in [0.2, 0.25) is 0 Å². The van der Waals surface area contributed by atoms with Crippen LogP contribution in [0.5, 0.6) is 0 Å². The lowest BCUT2D eigenvalue weighted by Crippen LogP contribution is -2.49. The predicted octanol–water partition coefficient (Wildman–Crippen LogP) is 5.44. The first-order chi connectivity index (χ1) is 16.8. The summed E-state index contributed by atoms with van der Waals surface area (Å²) in [6, 6.07) is 10.2. The number of rotatable bonds is 4. The van der Waals surface area contributed by atoms with Crippen molar-refractivity contribution < 1.29 is 9.18 Å². The van der Waals surface area contributed by atoms with Crippen LogP contribution >= 0.6 is 11.6 Å². The van der Waals surface area contributed by atoms with Gasteiger partial charge in [0, 0.05) is 41.5 Å². The first kappa shape index (κ1) is 23.5. The summed E-state index contributed by atoms with van der Waals surface area (Å²) in [5, 5.41) is 9.98. The smallest absolute Gasteiger partial charge is 0.262 e. The molecule has 4 aromatic rings. The Morgan fingerprint density at radius 3 is 2.74 bits per heavy atom. The molecule has 1 N–H and O–H groups in total. The van der Waals surface area contributed by atoms with E-state index in [-0.39, 0.29) is 11.6 Å². The largest absolute Gasteiger partial charge is 0.315 e. The Morgan fingerprint density at radius 1 is 1.23 bits per heavy atom. The van der Waals surface area contributed by atoms with E-state index >= 15 is 4.39 Å². The molecule has 2 aromatic heterocycles. The van der Waals surface area contributed by atoms with Crippen molar-refractivity contribution in [3.8, 4) is 11.1 Å². The molecule has 1 fully saturated rings. The van der Waals surface area contributed by atoms with Crippen molar-refractivity contribution in [2.24, 2.45) is 7.05 Å². The molecule has 0 bridgehead atoms. The van der Waals surface area contributed by atoms with E-state index in [0.717, 1.165) is 47.0 Å². The van der Waals surface area contributed by atoms with E-state index in [4.69, 9.17) is 11.6 Å². The molecule has 8 heteroatoms. The number of halogens is 2. The Morgan fingerprint density at radius 2 is 2.06 bits per heavy atom. The third-order valence-corrected chi connectivity index (χ3v) is 7.05. The highest BCUT2D eigenvalue weighted by Gasteiger charge is 2.32. The number of anilines is 1. The molecular formula is C27H27ClFN5O. The van der Waals surface area contributed by atoms with Crippen LogP contribution in [0.4, 0.5) is 10.2 Å². The number of aromatic nitrogens is 3. The number of nitrogens with zero attached hydrogens (tertiary/aromatic N) is 4. The lowest BCUT2D eigenvalue weighted by atomic mass is 10.00. The number of piperidine rings is 1. The van der Waals surface area contributed by atoms with Gasteiger partial charge in [-0.25, -0.2) is 9.37 Å². The highest BCUT2D eigenvalue weighted by Crippen LogP contribution is 2.34. The van der Waals surface area contributed by atoms with Gasteiger partial charge in [-0.05, 0) is 80.1 Å². The SMILES string of the molecule is Cc1cc(Cl)cc2ccnc(N(C(=O)c3ccc(-c4cnn(C)c4C)cc3F)C3CCCNC3)c12. The Balaban J connectivity index is 1.62. The number of hydrogen-bond donors (Lipinski definition) is 1. The van der Waals surface area contributed by atoms with E-state index in [1.165, 1.54) is 6.07 Å². The fourth-order valence-corrected chi connectivity index (χ4v) is 5.18. The standard InChI is InChI=1S/C27H27ClFN5O/c1-16-11-20(28)12-19-8-10-31-26(25(16)19)34(21-5-4-9-30-14-21)27(35)22-7-6-18(13-24(22)29)23-15-32-33(3)17(23)2/h6-8,10-13,15,21,30H,4-5,9,14H2,1-3H3. The maximum Gasteiger partial charge on any atom is 0.262 e. The van der Waals surface area contributed by atoms with Crippen molar-refractivity contribution in [2.45, 2.75) is 32.7 Å². The van der Waals surface area contributed by atoms with Crippen LogP contribution in [0.15, 0.2) is 48.8 Å². The third-order valence-electron chi connectivity index (χ3n) is 6.83. The second kappa shape index (κ2) is 9.40. The van der Waals surface area contributed by atoms with Crippen LogP contribution in [-0.4, -0.2) is 39.8 Å². The quantitative estimate of drug-likeness (QED) is 0.412. The number of benzene rings is 2. The molecule has 0 aliphatic carbocycles. The molecule has 0 saturated carbocycles. The minimum Gasteiger partial charge on any atom is -0.315 e. The zero-order valence-corrected chi connectivity index (χ0v) is 20.7. The Kier molecular flexibility index (Phi) is 6.30. The molecule has 1 amide bonds. The van der Waals surface area contributed by atoms with Gasteiger partial charge in [-0.1, -0.05) is 17.7 Å². The molecule has 1 unspecified atom stereocenters. The summed E-state index contributed by atoms with van der Waals surface area (Å²) in [5.74, 6) is -0.438. The van der Waals surface area contributed by atoms with Gasteiger partial charge in [-0.15, -0.1) is 0 Å². The zero-order chi connectivity index (χ0) is 24.7. The molecule has 1 atom stereocenters. The second-order valence-corrected chi connectivity index (χ2v) is 9.53. The number of carbonyl (C=O) groups excluding carboxylic acids is 1. The number of aryl methyl sites for hydroxylation is 2. The summed E-state index contributed by atoms with van der Waals surface area (Å²) >= 11 is 6.30. The molecule has 1 saturated heterocycles. The van der Waals surface area contributed by atoms with E-state index in [2.05, 4.69) is 15.4 Å². The van der Waals surface area contributed by atoms with Gasteiger partial charge in [0.15, 0.2) is 0 Å². The Labute approximate surface area is 208 Å². The van der Waals surface area contributed by atoms with Crippen molar-refractivity contribution in [2.75, 3.05) is 18.0 Å². The van der Waals surface area contributed by atoms with Gasteiger partial charge >= 0.3 is 0 Å². The second-order valence-electron chi connectivity index (χ2n) is 9.09. The maximum atomic E-state index is 15.5. The van der Waals surface area contributed by atoms with Gasteiger partial charge in [0.05, 0.1) is 17.8 Å². The number of carbonyl (C=O) groups is 1. The number of amides is 1. The van der Waals surface area contributed by atoms with Crippen LogP contribution in [0.3, 0.4) is 0 Å². The van der Waals surface area contributed by atoms with Gasteiger partial charge in [-0.2, -0.15) is 5.10 Å². The summed E-state index contributed by atoms with van der Waals surface area (Å²) in [4.78, 5) is 20.3. The topological polar surface area (TPSA) is 63.1 Å². The van der Waals surface area contributed by atoms with E-state index in [1.54, 1.807) is 34.1 Å². The molecule has 6 nitrogen and oxygen atoms in total. The first-order valence-electron chi connectivity index (χ1n) is 11.7. The fraction of sp³-hybridized carbons (Fsp3) is 0.296. The lowest BCUT2D eigenvalue weighted by molar-refractivity contribution is 0.0968. The van der Waals surface area contributed by atoms with E-state index in [1.807, 2.05) is 39.1 Å². The molecule has 35 heavy (non-hydrogen) atoms. The molecule has 0 radical (unpaired) electrons. The minimum absolute atomic E-state index is 0.0197. The van der Waals surface area contributed by atoms with Crippen molar-refractivity contribution in [1.29, 1.82) is 0 Å². The monoisotopic (exact) mass is 491 g/mol. The molecule has 180 valence electrons. The van der Waals surface area contributed by atoms with E-state index in [9.17, 15) is 4.79 Å². The molecular weight excluding hydrogens is 465 g/mol. The molecule has 2 aromatic carbocycles. The van der Waals surface area contributed by atoms with E-state index in [0.29, 0.717) is 22.9 Å².